The molecule has 1 aromatic rings. The largest absolute Gasteiger partial charge is 0.339 e. The predicted molar refractivity (Wildman–Crippen MR) is 77.6 cm³/mol. The molecule has 2 rings (SSSR count). The number of nitrogens with zero attached hydrogens (tertiary/aromatic N) is 3. The van der Waals surface area contributed by atoms with Crippen LogP contribution in [0.4, 0.5) is 0 Å². The van der Waals surface area contributed by atoms with E-state index in [4.69, 9.17) is 4.52 Å². The first-order chi connectivity index (χ1) is 8.47. The van der Waals surface area contributed by atoms with Crippen molar-refractivity contribution in [1.82, 2.24) is 20.4 Å². The van der Waals surface area contributed by atoms with Gasteiger partial charge in [0.2, 0.25) is 5.89 Å². The molecular weight excluding hydrogens is 264 g/mol. The Kier molecular flexibility index (Phi) is 5.77. The number of hydrogen-bond acceptors (Lipinski definition) is 5. The lowest BCUT2D eigenvalue weighted by atomic mass is 9.97. The molecule has 1 aliphatic rings. The van der Waals surface area contributed by atoms with Crippen molar-refractivity contribution in [2.45, 2.75) is 51.6 Å². The molecule has 0 atom stereocenters. The van der Waals surface area contributed by atoms with E-state index >= 15 is 0 Å². The fourth-order valence-electron chi connectivity index (χ4n) is 2.22. The van der Waals surface area contributed by atoms with Crippen molar-refractivity contribution in [3.63, 3.8) is 0 Å². The molecule has 110 valence electrons. The average Bonchev–Trinajstić information content (AvgIpc) is 2.78. The highest BCUT2D eigenvalue weighted by Crippen LogP contribution is 2.20. The summed E-state index contributed by atoms with van der Waals surface area (Å²) in [5.41, 5.74) is -0.0709. The van der Waals surface area contributed by atoms with Crippen LogP contribution in [-0.2, 0) is 12.0 Å². The molecule has 1 saturated heterocycles. The SMILES string of the molecule is CN(Cc1noc(C(C)(C)C)n1)C1CCNCC1.Cl. The minimum atomic E-state index is -0.0709. The number of rotatable bonds is 3. The zero-order valence-corrected chi connectivity index (χ0v) is 13.1. The van der Waals surface area contributed by atoms with Crippen LogP contribution in [0.3, 0.4) is 0 Å². The Bertz CT molecular complexity index is 382. The van der Waals surface area contributed by atoms with Crippen molar-refractivity contribution in [3.05, 3.63) is 11.7 Å². The van der Waals surface area contributed by atoms with E-state index in [1.807, 2.05) is 0 Å². The molecule has 0 bridgehead atoms. The Labute approximate surface area is 121 Å². The van der Waals surface area contributed by atoms with E-state index in [0.717, 1.165) is 31.3 Å². The molecule has 0 amide bonds. The highest BCUT2D eigenvalue weighted by atomic mass is 35.5. The van der Waals surface area contributed by atoms with Gasteiger partial charge in [0.15, 0.2) is 5.82 Å². The van der Waals surface area contributed by atoms with E-state index in [1.54, 1.807) is 0 Å². The second kappa shape index (κ2) is 6.68. The smallest absolute Gasteiger partial charge is 0.232 e. The van der Waals surface area contributed by atoms with E-state index in [2.05, 4.69) is 48.2 Å². The summed E-state index contributed by atoms with van der Waals surface area (Å²) in [5.74, 6) is 1.51. The molecule has 5 nitrogen and oxygen atoms in total. The summed E-state index contributed by atoms with van der Waals surface area (Å²) >= 11 is 0. The number of hydrogen-bond donors (Lipinski definition) is 1. The zero-order valence-electron chi connectivity index (χ0n) is 12.3. The summed E-state index contributed by atoms with van der Waals surface area (Å²) in [7, 11) is 2.14. The predicted octanol–water partition coefficient (Wildman–Crippen LogP) is 1.97. The Morgan fingerprint density at radius 1 is 1.32 bits per heavy atom. The van der Waals surface area contributed by atoms with E-state index < -0.39 is 0 Å². The van der Waals surface area contributed by atoms with Crippen LogP contribution in [0.25, 0.3) is 0 Å². The molecule has 1 fully saturated rings. The van der Waals surface area contributed by atoms with Crippen LogP contribution < -0.4 is 5.32 Å². The van der Waals surface area contributed by atoms with Gasteiger partial charge in [-0.05, 0) is 33.0 Å². The lowest BCUT2D eigenvalue weighted by Crippen LogP contribution is -2.40. The molecule has 1 aromatic heterocycles. The van der Waals surface area contributed by atoms with Gasteiger partial charge in [0.1, 0.15) is 0 Å². The average molecular weight is 289 g/mol. The van der Waals surface area contributed by atoms with Gasteiger partial charge in [-0.2, -0.15) is 4.98 Å². The third-order valence-electron chi connectivity index (χ3n) is 3.43. The van der Waals surface area contributed by atoms with Gasteiger partial charge in [0.05, 0.1) is 6.54 Å². The van der Waals surface area contributed by atoms with Crippen molar-refractivity contribution in [2.24, 2.45) is 0 Å². The minimum absolute atomic E-state index is 0. The lowest BCUT2D eigenvalue weighted by Gasteiger charge is -2.30. The molecule has 0 aliphatic carbocycles. The third-order valence-corrected chi connectivity index (χ3v) is 3.43. The Morgan fingerprint density at radius 2 is 1.95 bits per heavy atom. The molecule has 19 heavy (non-hydrogen) atoms. The van der Waals surface area contributed by atoms with Crippen LogP contribution in [0, 0.1) is 0 Å². The first kappa shape index (κ1) is 16.4. The van der Waals surface area contributed by atoms with Crippen molar-refractivity contribution >= 4 is 12.4 Å². The monoisotopic (exact) mass is 288 g/mol. The number of nitrogens with one attached hydrogen (secondary N) is 1. The molecule has 0 radical (unpaired) electrons. The van der Waals surface area contributed by atoms with Gasteiger partial charge >= 0.3 is 0 Å². The first-order valence-corrected chi connectivity index (χ1v) is 6.71. The summed E-state index contributed by atoms with van der Waals surface area (Å²) in [6, 6.07) is 0.628. The number of halogens is 1. The highest BCUT2D eigenvalue weighted by molar-refractivity contribution is 5.85. The summed E-state index contributed by atoms with van der Waals surface area (Å²) in [6.45, 7) is 9.23. The Balaban J connectivity index is 0.00000180. The molecule has 0 saturated carbocycles. The maximum absolute atomic E-state index is 5.32. The molecule has 0 aromatic carbocycles. The molecule has 1 aliphatic heterocycles. The second-order valence-electron chi connectivity index (χ2n) is 6.16. The summed E-state index contributed by atoms with van der Waals surface area (Å²) in [5, 5.41) is 7.46. The molecule has 2 heterocycles. The molecule has 0 spiro atoms. The molecule has 6 heteroatoms. The first-order valence-electron chi connectivity index (χ1n) is 6.71. The van der Waals surface area contributed by atoms with Gasteiger partial charge in [-0.3, -0.25) is 4.90 Å². The standard InChI is InChI=1S/C13H24N4O.ClH/c1-13(2,3)12-15-11(16-18-12)9-17(4)10-5-7-14-8-6-10;/h10,14H,5-9H2,1-4H3;1H. The summed E-state index contributed by atoms with van der Waals surface area (Å²) in [6.07, 6.45) is 2.39. The van der Waals surface area contributed by atoms with Crippen LogP contribution in [0.2, 0.25) is 0 Å². The van der Waals surface area contributed by atoms with Crippen LogP contribution in [0.1, 0.15) is 45.3 Å². The van der Waals surface area contributed by atoms with Crippen molar-refractivity contribution in [1.29, 1.82) is 0 Å². The normalized spacial score (nSPS) is 17.5. The molecule has 0 unspecified atom stereocenters. The molecular formula is C13H25ClN4O. The van der Waals surface area contributed by atoms with Crippen molar-refractivity contribution in [3.8, 4) is 0 Å². The topological polar surface area (TPSA) is 54.2 Å². The lowest BCUT2D eigenvalue weighted by molar-refractivity contribution is 0.185. The summed E-state index contributed by atoms with van der Waals surface area (Å²) in [4.78, 5) is 6.81. The van der Waals surface area contributed by atoms with Crippen molar-refractivity contribution < 1.29 is 4.52 Å². The Morgan fingerprint density at radius 3 is 2.47 bits per heavy atom. The van der Waals surface area contributed by atoms with E-state index in [0.29, 0.717) is 6.04 Å². The zero-order chi connectivity index (χ0) is 13.2. The summed E-state index contributed by atoms with van der Waals surface area (Å²) < 4.78 is 5.32. The van der Waals surface area contributed by atoms with Gasteiger partial charge in [-0.1, -0.05) is 25.9 Å². The quantitative estimate of drug-likeness (QED) is 0.922. The van der Waals surface area contributed by atoms with E-state index in [9.17, 15) is 0 Å². The van der Waals surface area contributed by atoms with Crippen LogP contribution in [-0.4, -0.2) is 41.2 Å². The fraction of sp³-hybridized carbons (Fsp3) is 0.846. The number of aromatic nitrogens is 2. The van der Waals surface area contributed by atoms with Crippen molar-refractivity contribution in [2.75, 3.05) is 20.1 Å². The third kappa shape index (κ3) is 4.44. The maximum atomic E-state index is 5.32. The number of piperidine rings is 1. The second-order valence-corrected chi connectivity index (χ2v) is 6.16. The fourth-order valence-corrected chi connectivity index (χ4v) is 2.22. The van der Waals surface area contributed by atoms with Gasteiger partial charge in [-0.15, -0.1) is 12.4 Å². The van der Waals surface area contributed by atoms with E-state index in [-0.39, 0.29) is 17.8 Å². The maximum Gasteiger partial charge on any atom is 0.232 e. The van der Waals surface area contributed by atoms with Gasteiger partial charge in [0.25, 0.3) is 0 Å². The van der Waals surface area contributed by atoms with Gasteiger partial charge in [0, 0.05) is 11.5 Å². The Hall–Kier alpha value is -0.650. The highest BCUT2D eigenvalue weighted by Gasteiger charge is 2.23. The van der Waals surface area contributed by atoms with Gasteiger partial charge < -0.3 is 9.84 Å². The minimum Gasteiger partial charge on any atom is -0.339 e. The van der Waals surface area contributed by atoms with Crippen LogP contribution in [0.5, 0.6) is 0 Å². The van der Waals surface area contributed by atoms with Crippen LogP contribution in [0.15, 0.2) is 4.52 Å². The van der Waals surface area contributed by atoms with Crippen LogP contribution >= 0.6 is 12.4 Å². The van der Waals surface area contributed by atoms with Gasteiger partial charge in [-0.25, -0.2) is 0 Å². The molecule has 1 N–H and O–H groups in total. The van der Waals surface area contributed by atoms with E-state index in [1.165, 1.54) is 12.8 Å².